The summed E-state index contributed by atoms with van der Waals surface area (Å²) in [6.45, 7) is 0. The number of fused-ring (bicyclic) bond motifs is 1. The highest BCUT2D eigenvalue weighted by atomic mass is 79.9. The van der Waals surface area contributed by atoms with Crippen LogP contribution in [0.5, 0.6) is 0 Å². The van der Waals surface area contributed by atoms with Gasteiger partial charge in [0.2, 0.25) is 0 Å². The number of benzene rings is 1. The summed E-state index contributed by atoms with van der Waals surface area (Å²) in [5, 5.41) is -0.147. The van der Waals surface area contributed by atoms with E-state index in [2.05, 4.69) is 30.9 Å². The van der Waals surface area contributed by atoms with Gasteiger partial charge in [0, 0.05) is 22.4 Å². The summed E-state index contributed by atoms with van der Waals surface area (Å²) >= 11 is 15.2. The molecule has 0 saturated carbocycles. The highest BCUT2D eigenvalue weighted by molar-refractivity contribution is 9.10. The molecule has 0 unspecified atom stereocenters. The smallest absolute Gasteiger partial charge is 0.181 e. The zero-order valence-corrected chi connectivity index (χ0v) is 13.1. The maximum atomic E-state index is 14.1. The Morgan fingerprint density at radius 2 is 1.57 bits per heavy atom. The molecule has 0 atom stereocenters. The molecule has 0 aliphatic carbocycles. The van der Waals surface area contributed by atoms with Gasteiger partial charge in [0.05, 0.1) is 10.6 Å². The number of pyridine rings is 1. The van der Waals surface area contributed by atoms with E-state index in [-0.39, 0.29) is 36.9 Å². The molecule has 8 heteroatoms. The molecule has 0 saturated heterocycles. The van der Waals surface area contributed by atoms with Crippen molar-refractivity contribution in [1.82, 2.24) is 15.0 Å². The van der Waals surface area contributed by atoms with Crippen LogP contribution in [0.1, 0.15) is 0 Å². The van der Waals surface area contributed by atoms with E-state index in [0.29, 0.717) is 0 Å². The molecule has 0 fully saturated rings. The van der Waals surface area contributed by atoms with Crippen molar-refractivity contribution >= 4 is 50.3 Å². The highest BCUT2D eigenvalue weighted by Crippen LogP contribution is 2.40. The minimum atomic E-state index is -0.810. The van der Waals surface area contributed by atoms with E-state index in [1.54, 1.807) is 0 Å². The Kier molecular flexibility index (Phi) is 3.77. The van der Waals surface area contributed by atoms with Crippen LogP contribution in [0.15, 0.2) is 29.0 Å². The van der Waals surface area contributed by atoms with Gasteiger partial charge in [0.25, 0.3) is 0 Å². The molecule has 3 nitrogen and oxygen atoms in total. The summed E-state index contributed by atoms with van der Waals surface area (Å²) in [5.74, 6) is -1.62. The van der Waals surface area contributed by atoms with Crippen LogP contribution in [0, 0.1) is 11.6 Å². The van der Waals surface area contributed by atoms with Crippen molar-refractivity contribution in [2.24, 2.45) is 0 Å². The van der Waals surface area contributed by atoms with Gasteiger partial charge in [-0.15, -0.1) is 0 Å². The molecule has 0 bridgehead atoms. The first-order valence-corrected chi connectivity index (χ1v) is 7.14. The highest BCUT2D eigenvalue weighted by Gasteiger charge is 2.22. The molecule has 3 rings (SSSR count). The average Bonchev–Trinajstić information content (AvgIpc) is 2.41. The fraction of sp³-hybridized carbons (Fsp3) is 0. The normalized spacial score (nSPS) is 11.1. The average molecular weight is 391 g/mol. The molecule has 0 N–H and O–H groups in total. The van der Waals surface area contributed by atoms with Crippen LogP contribution < -0.4 is 0 Å². The lowest BCUT2D eigenvalue weighted by atomic mass is 10.1. The van der Waals surface area contributed by atoms with E-state index in [4.69, 9.17) is 23.2 Å². The zero-order valence-electron chi connectivity index (χ0n) is 10.0. The first-order chi connectivity index (χ1) is 9.99. The lowest BCUT2D eigenvalue weighted by Gasteiger charge is -2.11. The first-order valence-electron chi connectivity index (χ1n) is 5.59. The number of aromatic nitrogens is 3. The third-order valence-corrected chi connectivity index (χ3v) is 3.87. The maximum absolute atomic E-state index is 14.1. The number of halogens is 5. The number of rotatable bonds is 1. The fourth-order valence-electron chi connectivity index (χ4n) is 1.92. The van der Waals surface area contributed by atoms with Crippen molar-refractivity contribution in [1.29, 1.82) is 0 Å². The van der Waals surface area contributed by atoms with Crippen LogP contribution in [0.25, 0.3) is 22.3 Å². The molecule has 2 heterocycles. The summed E-state index contributed by atoms with van der Waals surface area (Å²) < 4.78 is 28.5. The largest absolute Gasteiger partial charge is 0.250 e. The molecule has 3 aromatic rings. The van der Waals surface area contributed by atoms with Gasteiger partial charge in [-0.2, -0.15) is 0 Å². The summed E-state index contributed by atoms with van der Waals surface area (Å²) in [4.78, 5) is 12.0. The molecule has 0 amide bonds. The number of hydrogen-bond acceptors (Lipinski definition) is 3. The Morgan fingerprint density at radius 1 is 0.952 bits per heavy atom. The van der Waals surface area contributed by atoms with E-state index in [0.717, 1.165) is 12.1 Å². The third-order valence-electron chi connectivity index (χ3n) is 2.77. The fourth-order valence-corrected chi connectivity index (χ4v) is 2.96. The molecular formula is C13H4BrCl2F2N3. The van der Waals surface area contributed by atoms with Gasteiger partial charge in [-0.3, -0.25) is 0 Å². The second kappa shape index (κ2) is 5.44. The molecule has 106 valence electrons. The van der Waals surface area contributed by atoms with E-state index in [1.807, 2.05) is 0 Å². The van der Waals surface area contributed by atoms with Crippen LogP contribution in [0.4, 0.5) is 8.78 Å². The molecule has 2 aromatic heterocycles. The van der Waals surface area contributed by atoms with Crippen molar-refractivity contribution in [2.45, 2.75) is 0 Å². The minimum absolute atomic E-state index is 0.00165. The summed E-state index contributed by atoms with van der Waals surface area (Å²) in [7, 11) is 0. The predicted octanol–water partition coefficient (Wildman–Crippen LogP) is 5.04. The van der Waals surface area contributed by atoms with Crippen LogP contribution in [0.2, 0.25) is 10.2 Å². The Hall–Kier alpha value is -1.37. The van der Waals surface area contributed by atoms with Gasteiger partial charge in [0.15, 0.2) is 5.65 Å². The van der Waals surface area contributed by atoms with E-state index < -0.39 is 11.6 Å². The van der Waals surface area contributed by atoms with Crippen molar-refractivity contribution in [3.8, 4) is 11.1 Å². The summed E-state index contributed by atoms with van der Waals surface area (Å²) in [5.41, 5.74) is 0.0246. The Labute approximate surface area is 136 Å². The first kappa shape index (κ1) is 14.6. The number of nitrogens with zero attached hydrogens (tertiary/aromatic N) is 3. The van der Waals surface area contributed by atoms with Gasteiger partial charge in [-0.05, 0) is 12.1 Å². The standard InChI is InChI=1S/C13H4BrCl2F2N3/c14-5-3-6(17)8(7(18)4-5)9-10(15)11-13(21-12(9)16)20-2-1-19-11/h1-4H. The predicted molar refractivity (Wildman–Crippen MR) is 80.4 cm³/mol. The Balaban J connectivity index is 2.41. The SMILES string of the molecule is Fc1cc(Br)cc(F)c1-c1c(Cl)nc2nccnc2c1Cl. The summed E-state index contributed by atoms with van der Waals surface area (Å²) in [6.07, 6.45) is 2.82. The molecular weight excluding hydrogens is 387 g/mol. The van der Waals surface area contributed by atoms with Gasteiger partial charge >= 0.3 is 0 Å². The van der Waals surface area contributed by atoms with Crippen molar-refractivity contribution in [3.05, 3.63) is 50.8 Å². The minimum Gasteiger partial charge on any atom is -0.250 e. The molecule has 0 spiro atoms. The second-order valence-electron chi connectivity index (χ2n) is 4.06. The van der Waals surface area contributed by atoms with Gasteiger partial charge < -0.3 is 0 Å². The lowest BCUT2D eigenvalue weighted by molar-refractivity contribution is 0.588. The monoisotopic (exact) mass is 389 g/mol. The van der Waals surface area contributed by atoms with E-state index in [9.17, 15) is 8.78 Å². The van der Waals surface area contributed by atoms with Crippen LogP contribution in [-0.2, 0) is 0 Å². The van der Waals surface area contributed by atoms with Crippen LogP contribution in [-0.4, -0.2) is 15.0 Å². The second-order valence-corrected chi connectivity index (χ2v) is 5.72. The summed E-state index contributed by atoms with van der Waals surface area (Å²) in [6, 6.07) is 2.23. The molecule has 0 radical (unpaired) electrons. The molecule has 21 heavy (non-hydrogen) atoms. The van der Waals surface area contributed by atoms with E-state index in [1.165, 1.54) is 12.4 Å². The molecule has 0 aliphatic heterocycles. The maximum Gasteiger partial charge on any atom is 0.181 e. The van der Waals surface area contributed by atoms with E-state index >= 15 is 0 Å². The lowest BCUT2D eigenvalue weighted by Crippen LogP contribution is -1.97. The number of hydrogen-bond donors (Lipinski definition) is 0. The van der Waals surface area contributed by atoms with Gasteiger partial charge in [-0.25, -0.2) is 23.7 Å². The molecule has 1 aromatic carbocycles. The van der Waals surface area contributed by atoms with Crippen LogP contribution >= 0.6 is 39.1 Å². The van der Waals surface area contributed by atoms with Gasteiger partial charge in [0.1, 0.15) is 22.3 Å². The topological polar surface area (TPSA) is 38.7 Å². The quantitative estimate of drug-likeness (QED) is 0.546. The van der Waals surface area contributed by atoms with Crippen molar-refractivity contribution in [3.63, 3.8) is 0 Å². The Morgan fingerprint density at radius 3 is 2.24 bits per heavy atom. The molecule has 0 aliphatic rings. The van der Waals surface area contributed by atoms with Crippen molar-refractivity contribution < 1.29 is 8.78 Å². The van der Waals surface area contributed by atoms with Crippen LogP contribution in [0.3, 0.4) is 0 Å². The van der Waals surface area contributed by atoms with Crippen molar-refractivity contribution in [2.75, 3.05) is 0 Å². The van der Waals surface area contributed by atoms with Gasteiger partial charge in [-0.1, -0.05) is 39.1 Å². The third kappa shape index (κ3) is 2.47. The zero-order chi connectivity index (χ0) is 15.1. The Bertz CT molecular complexity index is 850.